The van der Waals surface area contributed by atoms with Gasteiger partial charge in [0.25, 0.3) is 5.91 Å². The summed E-state index contributed by atoms with van der Waals surface area (Å²) in [6, 6.07) is 6.70. The number of piperidine rings is 1. The number of anilines is 2. The third-order valence-electron chi connectivity index (χ3n) is 4.41. The maximum absolute atomic E-state index is 12.8. The van der Waals surface area contributed by atoms with E-state index in [1.165, 1.54) is 6.20 Å². The number of carbonyl (C=O) groups excluding carboxylic acids is 1. The minimum atomic E-state index is -0.270. The Bertz CT molecular complexity index is 758. The first kappa shape index (κ1) is 18.0. The number of carbonyl (C=O) groups is 1. The third kappa shape index (κ3) is 4.63. The molecule has 1 aromatic carbocycles. The Morgan fingerprint density at radius 2 is 2.00 bits per heavy atom. The van der Waals surface area contributed by atoms with Crippen molar-refractivity contribution in [3.8, 4) is 0 Å². The number of hydrogen-bond acceptors (Lipinski definition) is 4. The molecule has 5 nitrogen and oxygen atoms in total. The molecule has 0 unspecified atom stereocenters. The van der Waals surface area contributed by atoms with Gasteiger partial charge in [0.1, 0.15) is 5.82 Å². The lowest BCUT2D eigenvalue weighted by molar-refractivity contribution is 0.102. The van der Waals surface area contributed by atoms with Crippen molar-refractivity contribution in [2.24, 2.45) is 5.92 Å². The van der Waals surface area contributed by atoms with Gasteiger partial charge in [-0.3, -0.25) is 4.79 Å². The van der Waals surface area contributed by atoms with Gasteiger partial charge < -0.3 is 16.4 Å². The number of halogens is 2. The summed E-state index contributed by atoms with van der Waals surface area (Å²) >= 11 is 12.0. The normalized spacial score (nSPS) is 15.1. The lowest BCUT2D eigenvalue weighted by atomic mass is 9.88. The number of benzene rings is 1. The Morgan fingerprint density at radius 1 is 1.24 bits per heavy atom. The minimum absolute atomic E-state index is 0.270. The maximum Gasteiger partial charge on any atom is 0.257 e. The van der Waals surface area contributed by atoms with E-state index in [0.717, 1.165) is 37.9 Å². The zero-order valence-electron chi connectivity index (χ0n) is 13.7. The van der Waals surface area contributed by atoms with E-state index in [1.807, 2.05) is 0 Å². The molecule has 0 atom stereocenters. The quantitative estimate of drug-likeness (QED) is 0.707. The summed E-state index contributed by atoms with van der Waals surface area (Å²) < 4.78 is 0. The number of nitrogens with two attached hydrogens (primary N) is 1. The number of nitrogens with zero attached hydrogens (tertiary/aromatic N) is 1. The van der Waals surface area contributed by atoms with Crippen LogP contribution in [0.2, 0.25) is 10.0 Å². The molecule has 1 saturated heterocycles. The minimum Gasteiger partial charge on any atom is -0.398 e. The zero-order valence-corrected chi connectivity index (χ0v) is 15.2. The number of pyridine rings is 1. The second-order valence-electron chi connectivity index (χ2n) is 6.23. The van der Waals surface area contributed by atoms with E-state index in [9.17, 15) is 4.79 Å². The average molecular weight is 379 g/mol. The number of nitrogen functional groups attached to an aromatic ring is 1. The van der Waals surface area contributed by atoms with Crippen LogP contribution in [0.3, 0.4) is 0 Å². The molecular formula is C18H20Cl2N4O. The fourth-order valence-corrected chi connectivity index (χ4v) is 3.43. The number of aromatic nitrogens is 1. The van der Waals surface area contributed by atoms with Gasteiger partial charge in [-0.1, -0.05) is 23.2 Å². The summed E-state index contributed by atoms with van der Waals surface area (Å²) in [4.78, 5) is 16.9. The summed E-state index contributed by atoms with van der Waals surface area (Å²) in [7, 11) is 0. The first-order chi connectivity index (χ1) is 12.0. The van der Waals surface area contributed by atoms with Crippen LogP contribution < -0.4 is 16.4 Å². The Hall–Kier alpha value is -1.82. The van der Waals surface area contributed by atoms with Gasteiger partial charge >= 0.3 is 0 Å². The van der Waals surface area contributed by atoms with Crippen molar-refractivity contribution in [2.75, 3.05) is 24.1 Å². The molecule has 2 aromatic rings. The number of amides is 1. The van der Waals surface area contributed by atoms with Crippen LogP contribution in [-0.4, -0.2) is 24.0 Å². The highest BCUT2D eigenvalue weighted by Gasteiger charge is 2.21. The number of rotatable bonds is 4. The van der Waals surface area contributed by atoms with Gasteiger partial charge in [-0.25, -0.2) is 4.98 Å². The molecule has 7 heteroatoms. The summed E-state index contributed by atoms with van der Waals surface area (Å²) in [5, 5.41) is 7.09. The van der Waals surface area contributed by atoms with Crippen LogP contribution in [0.15, 0.2) is 30.5 Å². The highest BCUT2D eigenvalue weighted by atomic mass is 35.5. The molecule has 1 fully saturated rings. The molecule has 1 aromatic heterocycles. The van der Waals surface area contributed by atoms with Crippen LogP contribution in [0.25, 0.3) is 0 Å². The van der Waals surface area contributed by atoms with Gasteiger partial charge in [0.15, 0.2) is 0 Å². The molecule has 0 aliphatic carbocycles. The van der Waals surface area contributed by atoms with Crippen molar-refractivity contribution in [3.63, 3.8) is 0 Å². The Morgan fingerprint density at radius 3 is 2.68 bits per heavy atom. The van der Waals surface area contributed by atoms with Crippen LogP contribution >= 0.6 is 23.2 Å². The van der Waals surface area contributed by atoms with E-state index >= 15 is 0 Å². The molecular weight excluding hydrogens is 359 g/mol. The molecule has 2 heterocycles. The van der Waals surface area contributed by atoms with E-state index < -0.39 is 0 Å². The summed E-state index contributed by atoms with van der Waals surface area (Å²) in [6.45, 7) is 1.99. The van der Waals surface area contributed by atoms with E-state index in [2.05, 4.69) is 15.6 Å². The third-order valence-corrected chi connectivity index (χ3v) is 4.86. The van der Waals surface area contributed by atoms with E-state index in [4.69, 9.17) is 28.9 Å². The lowest BCUT2D eigenvalue weighted by Crippen LogP contribution is -2.29. The number of hydrogen-bond donors (Lipinski definition) is 3. The molecule has 1 aliphatic rings. The van der Waals surface area contributed by atoms with Crippen LogP contribution in [0.1, 0.15) is 28.8 Å². The van der Waals surface area contributed by atoms with Crippen molar-refractivity contribution in [1.82, 2.24) is 10.3 Å². The second-order valence-corrected chi connectivity index (χ2v) is 7.11. The summed E-state index contributed by atoms with van der Waals surface area (Å²) in [6.07, 6.45) is 4.39. The molecule has 4 N–H and O–H groups in total. The van der Waals surface area contributed by atoms with Crippen molar-refractivity contribution in [3.05, 3.63) is 51.6 Å². The largest absolute Gasteiger partial charge is 0.398 e. The smallest absolute Gasteiger partial charge is 0.257 e. The predicted octanol–water partition coefficient (Wildman–Crippen LogP) is 3.77. The van der Waals surface area contributed by atoms with E-state index in [1.54, 1.807) is 24.3 Å². The Kier molecular flexibility index (Phi) is 5.78. The first-order valence-corrected chi connectivity index (χ1v) is 9.00. The van der Waals surface area contributed by atoms with Crippen LogP contribution in [0.5, 0.6) is 0 Å². The van der Waals surface area contributed by atoms with Gasteiger partial charge in [0, 0.05) is 22.5 Å². The molecule has 0 bridgehead atoms. The monoisotopic (exact) mass is 378 g/mol. The molecule has 0 spiro atoms. The van der Waals surface area contributed by atoms with Crippen molar-refractivity contribution >= 4 is 40.6 Å². The highest BCUT2D eigenvalue weighted by molar-refractivity contribution is 6.31. The fraction of sp³-hybridized carbons (Fsp3) is 0.333. The van der Waals surface area contributed by atoms with Crippen LogP contribution in [0, 0.1) is 5.92 Å². The summed E-state index contributed by atoms with van der Waals surface area (Å²) in [5.41, 5.74) is 8.08. The first-order valence-electron chi connectivity index (χ1n) is 8.24. The molecule has 132 valence electrons. The maximum atomic E-state index is 12.8. The highest BCUT2D eigenvalue weighted by Crippen LogP contribution is 2.29. The second kappa shape index (κ2) is 8.04. The van der Waals surface area contributed by atoms with E-state index in [-0.39, 0.29) is 5.91 Å². The van der Waals surface area contributed by atoms with Gasteiger partial charge in [-0.15, -0.1) is 0 Å². The average Bonchev–Trinajstić information content (AvgIpc) is 2.60. The van der Waals surface area contributed by atoms with Crippen molar-refractivity contribution in [2.45, 2.75) is 19.3 Å². The Labute approximate surface area is 156 Å². The standard InChI is InChI=1S/C18H20Cl2N4O/c19-12-1-2-17(23-10-12)24-18(25)15-8-13(20)9-16(21)14(15)7-11-3-5-22-6-4-11/h1-2,8-11,22H,3-7,21H2,(H,23,24,25). The predicted molar refractivity (Wildman–Crippen MR) is 102 cm³/mol. The zero-order chi connectivity index (χ0) is 17.8. The summed E-state index contributed by atoms with van der Waals surface area (Å²) in [5.74, 6) is 0.665. The number of nitrogens with one attached hydrogen (secondary N) is 2. The van der Waals surface area contributed by atoms with Gasteiger partial charge in [0.2, 0.25) is 0 Å². The molecule has 0 saturated carbocycles. The van der Waals surface area contributed by atoms with Crippen LogP contribution in [0.4, 0.5) is 11.5 Å². The molecule has 1 aliphatic heterocycles. The molecule has 25 heavy (non-hydrogen) atoms. The molecule has 3 rings (SSSR count). The van der Waals surface area contributed by atoms with Gasteiger partial charge in [0.05, 0.1) is 5.02 Å². The van der Waals surface area contributed by atoms with Gasteiger partial charge in [-0.2, -0.15) is 0 Å². The fourth-order valence-electron chi connectivity index (χ4n) is 3.10. The Balaban J connectivity index is 1.85. The topological polar surface area (TPSA) is 80.0 Å². The van der Waals surface area contributed by atoms with Crippen LogP contribution in [-0.2, 0) is 6.42 Å². The molecule has 0 radical (unpaired) electrons. The van der Waals surface area contributed by atoms with E-state index in [0.29, 0.717) is 33.0 Å². The van der Waals surface area contributed by atoms with Gasteiger partial charge in [-0.05, 0) is 68.1 Å². The van der Waals surface area contributed by atoms with Crippen molar-refractivity contribution < 1.29 is 4.79 Å². The van der Waals surface area contributed by atoms with Crippen molar-refractivity contribution in [1.29, 1.82) is 0 Å². The lowest BCUT2D eigenvalue weighted by Gasteiger charge is -2.24. The SMILES string of the molecule is Nc1cc(Cl)cc(C(=O)Nc2ccc(Cl)cn2)c1CC1CCNCC1. The molecule has 1 amide bonds.